The van der Waals surface area contributed by atoms with Crippen molar-refractivity contribution in [2.75, 3.05) is 0 Å². The van der Waals surface area contributed by atoms with Crippen molar-refractivity contribution >= 4 is 5.57 Å². The number of aryl methyl sites for hydroxylation is 1. The molecular weight excluding hydrogens is 218 g/mol. The van der Waals surface area contributed by atoms with Crippen LogP contribution in [0.4, 0.5) is 0 Å². The number of fused-ring (bicyclic) bond motifs is 1. The number of pyridine rings is 1. The molecule has 0 radical (unpaired) electrons. The van der Waals surface area contributed by atoms with E-state index in [2.05, 4.69) is 42.2 Å². The van der Waals surface area contributed by atoms with E-state index in [9.17, 15) is 0 Å². The van der Waals surface area contributed by atoms with Crippen LogP contribution in [0.3, 0.4) is 0 Å². The number of hydrogen-bond donors (Lipinski definition) is 0. The summed E-state index contributed by atoms with van der Waals surface area (Å²) in [5.74, 6) is 0. The second-order valence-corrected chi connectivity index (χ2v) is 4.92. The predicted molar refractivity (Wildman–Crippen MR) is 75.3 cm³/mol. The van der Waals surface area contributed by atoms with Gasteiger partial charge in [0.25, 0.3) is 0 Å². The third kappa shape index (κ3) is 2.08. The Kier molecular flexibility index (Phi) is 2.97. The molecule has 0 unspecified atom stereocenters. The quantitative estimate of drug-likeness (QED) is 0.765. The summed E-state index contributed by atoms with van der Waals surface area (Å²) in [4.78, 5) is 4.20. The highest BCUT2D eigenvalue weighted by Crippen LogP contribution is 2.32. The van der Waals surface area contributed by atoms with E-state index in [1.54, 1.807) is 5.57 Å². The molecule has 0 amide bonds. The first kappa shape index (κ1) is 11.2. The SMILES string of the molecule is CC1=C(Cc2cccnc2)CCc2ccccc21. The molecule has 0 spiro atoms. The zero-order valence-corrected chi connectivity index (χ0v) is 10.7. The van der Waals surface area contributed by atoms with Crippen molar-refractivity contribution in [2.45, 2.75) is 26.2 Å². The van der Waals surface area contributed by atoms with Crippen LogP contribution in [0.5, 0.6) is 0 Å². The van der Waals surface area contributed by atoms with Gasteiger partial charge in [-0.3, -0.25) is 4.98 Å². The highest BCUT2D eigenvalue weighted by molar-refractivity contribution is 5.71. The van der Waals surface area contributed by atoms with Crippen LogP contribution in [0.2, 0.25) is 0 Å². The van der Waals surface area contributed by atoms with Gasteiger partial charge in [0.05, 0.1) is 0 Å². The van der Waals surface area contributed by atoms with Gasteiger partial charge < -0.3 is 0 Å². The Labute approximate surface area is 108 Å². The highest BCUT2D eigenvalue weighted by atomic mass is 14.6. The molecule has 0 bridgehead atoms. The minimum absolute atomic E-state index is 1.04. The van der Waals surface area contributed by atoms with Crippen LogP contribution >= 0.6 is 0 Å². The van der Waals surface area contributed by atoms with Crippen molar-refractivity contribution in [1.29, 1.82) is 0 Å². The van der Waals surface area contributed by atoms with E-state index in [0.29, 0.717) is 0 Å². The van der Waals surface area contributed by atoms with Crippen LogP contribution < -0.4 is 0 Å². The number of nitrogens with zero attached hydrogens (tertiary/aromatic N) is 1. The number of benzene rings is 1. The summed E-state index contributed by atoms with van der Waals surface area (Å²) >= 11 is 0. The Balaban J connectivity index is 1.94. The van der Waals surface area contributed by atoms with Crippen LogP contribution in [-0.4, -0.2) is 4.98 Å². The summed E-state index contributed by atoms with van der Waals surface area (Å²) in [6.45, 7) is 2.25. The van der Waals surface area contributed by atoms with Gasteiger partial charge in [-0.1, -0.05) is 35.9 Å². The van der Waals surface area contributed by atoms with E-state index in [4.69, 9.17) is 0 Å². The Morgan fingerprint density at radius 1 is 1.06 bits per heavy atom. The average Bonchev–Trinajstić information content (AvgIpc) is 2.43. The van der Waals surface area contributed by atoms with Crippen LogP contribution in [0, 0.1) is 0 Å². The van der Waals surface area contributed by atoms with E-state index in [-0.39, 0.29) is 0 Å². The lowest BCUT2D eigenvalue weighted by atomic mass is 9.84. The summed E-state index contributed by atoms with van der Waals surface area (Å²) < 4.78 is 0. The molecule has 1 aromatic carbocycles. The number of hydrogen-bond acceptors (Lipinski definition) is 1. The van der Waals surface area contributed by atoms with Crippen molar-refractivity contribution in [3.05, 3.63) is 71.1 Å². The molecule has 1 nitrogen and oxygen atoms in total. The Morgan fingerprint density at radius 3 is 2.78 bits per heavy atom. The van der Waals surface area contributed by atoms with Crippen molar-refractivity contribution < 1.29 is 0 Å². The van der Waals surface area contributed by atoms with Crippen LogP contribution in [0.15, 0.2) is 54.4 Å². The molecule has 1 aliphatic rings. The highest BCUT2D eigenvalue weighted by Gasteiger charge is 2.15. The fourth-order valence-electron chi connectivity index (χ4n) is 2.74. The predicted octanol–water partition coefficient (Wildman–Crippen LogP) is 4.04. The summed E-state index contributed by atoms with van der Waals surface area (Å²) in [6, 6.07) is 12.9. The second kappa shape index (κ2) is 4.77. The molecule has 0 saturated carbocycles. The van der Waals surface area contributed by atoms with Gasteiger partial charge in [-0.2, -0.15) is 0 Å². The van der Waals surface area contributed by atoms with Gasteiger partial charge in [-0.05, 0) is 54.5 Å². The molecule has 0 fully saturated rings. The molecule has 0 saturated heterocycles. The van der Waals surface area contributed by atoms with Crippen molar-refractivity contribution in [2.24, 2.45) is 0 Å². The number of allylic oxidation sites excluding steroid dienone is 2. The Morgan fingerprint density at radius 2 is 1.94 bits per heavy atom. The first-order valence-electron chi connectivity index (χ1n) is 6.50. The molecule has 0 N–H and O–H groups in total. The molecule has 1 aromatic heterocycles. The van der Waals surface area contributed by atoms with Crippen LogP contribution in [0.25, 0.3) is 5.57 Å². The molecule has 1 heteroatoms. The van der Waals surface area contributed by atoms with Gasteiger partial charge in [0.1, 0.15) is 0 Å². The second-order valence-electron chi connectivity index (χ2n) is 4.92. The molecule has 1 aliphatic carbocycles. The van der Waals surface area contributed by atoms with Crippen molar-refractivity contribution in [1.82, 2.24) is 4.98 Å². The fourth-order valence-corrected chi connectivity index (χ4v) is 2.74. The van der Waals surface area contributed by atoms with Gasteiger partial charge in [0.15, 0.2) is 0 Å². The van der Waals surface area contributed by atoms with E-state index in [0.717, 1.165) is 6.42 Å². The Hall–Kier alpha value is -1.89. The zero-order valence-electron chi connectivity index (χ0n) is 10.7. The average molecular weight is 235 g/mol. The fraction of sp³-hybridized carbons (Fsp3) is 0.235. The molecule has 2 aromatic rings. The molecule has 18 heavy (non-hydrogen) atoms. The smallest absolute Gasteiger partial charge is 0.0303 e. The van der Waals surface area contributed by atoms with Crippen LogP contribution in [-0.2, 0) is 12.8 Å². The van der Waals surface area contributed by atoms with Gasteiger partial charge in [-0.25, -0.2) is 0 Å². The third-order valence-electron chi connectivity index (χ3n) is 3.79. The third-order valence-corrected chi connectivity index (χ3v) is 3.79. The monoisotopic (exact) mass is 235 g/mol. The maximum absolute atomic E-state index is 4.20. The van der Waals surface area contributed by atoms with Gasteiger partial charge in [-0.15, -0.1) is 0 Å². The summed E-state index contributed by atoms with van der Waals surface area (Å²) in [5, 5.41) is 0. The molecule has 1 heterocycles. The minimum atomic E-state index is 1.04. The maximum Gasteiger partial charge on any atom is 0.0303 e. The minimum Gasteiger partial charge on any atom is -0.264 e. The summed E-state index contributed by atoms with van der Waals surface area (Å²) in [6.07, 6.45) is 7.19. The summed E-state index contributed by atoms with van der Waals surface area (Å²) in [5.41, 5.74) is 7.25. The molecule has 0 aliphatic heterocycles. The lowest BCUT2D eigenvalue weighted by Gasteiger charge is -2.21. The van der Waals surface area contributed by atoms with E-state index in [1.807, 2.05) is 18.5 Å². The van der Waals surface area contributed by atoms with Gasteiger partial charge >= 0.3 is 0 Å². The lowest BCUT2D eigenvalue weighted by molar-refractivity contribution is 0.875. The maximum atomic E-state index is 4.20. The van der Waals surface area contributed by atoms with Crippen molar-refractivity contribution in [3.8, 4) is 0 Å². The number of rotatable bonds is 2. The topological polar surface area (TPSA) is 12.9 Å². The molecular formula is C17H17N. The normalized spacial score (nSPS) is 14.5. The zero-order chi connectivity index (χ0) is 12.4. The molecule has 90 valence electrons. The van der Waals surface area contributed by atoms with Crippen molar-refractivity contribution in [3.63, 3.8) is 0 Å². The van der Waals surface area contributed by atoms with Gasteiger partial charge in [0, 0.05) is 12.4 Å². The van der Waals surface area contributed by atoms with E-state index in [1.165, 1.54) is 35.1 Å². The molecule has 3 rings (SSSR count). The number of aromatic nitrogens is 1. The van der Waals surface area contributed by atoms with Crippen LogP contribution in [0.1, 0.15) is 30.0 Å². The molecule has 0 atom stereocenters. The first-order valence-corrected chi connectivity index (χ1v) is 6.50. The summed E-state index contributed by atoms with van der Waals surface area (Å²) in [7, 11) is 0. The lowest BCUT2D eigenvalue weighted by Crippen LogP contribution is -2.05. The van der Waals surface area contributed by atoms with Gasteiger partial charge in [0.2, 0.25) is 0 Å². The standard InChI is InChI=1S/C17H17N/c1-13-16(11-14-5-4-10-18-12-14)9-8-15-6-2-3-7-17(13)15/h2-7,10,12H,8-9,11H2,1H3. The Bertz CT molecular complexity index is 582. The van der Waals surface area contributed by atoms with E-state index >= 15 is 0 Å². The largest absolute Gasteiger partial charge is 0.264 e. The first-order chi connectivity index (χ1) is 8.84. The van der Waals surface area contributed by atoms with E-state index < -0.39 is 0 Å².